The summed E-state index contributed by atoms with van der Waals surface area (Å²) in [5, 5.41) is 12.6. The largest absolute Gasteiger partial charge is 0.494 e. The lowest BCUT2D eigenvalue weighted by Crippen LogP contribution is -2.33. The van der Waals surface area contributed by atoms with Crippen LogP contribution in [0.1, 0.15) is 31.7 Å². The van der Waals surface area contributed by atoms with Crippen LogP contribution in [0.4, 0.5) is 0 Å². The molecule has 110 valence electrons. The molecule has 0 bridgehead atoms. The molecular weight excluding hydrogens is 254 g/mol. The molecule has 2 N–H and O–H groups in total. The van der Waals surface area contributed by atoms with Crippen molar-refractivity contribution in [1.29, 1.82) is 0 Å². The number of carbonyl (C=O) groups excluding carboxylic acids is 1. The van der Waals surface area contributed by atoms with Crippen LogP contribution in [0.15, 0.2) is 24.3 Å². The molecule has 4 nitrogen and oxygen atoms in total. The van der Waals surface area contributed by atoms with E-state index in [4.69, 9.17) is 4.74 Å². The van der Waals surface area contributed by atoms with Gasteiger partial charge in [0.25, 0.3) is 0 Å². The molecule has 0 aliphatic heterocycles. The van der Waals surface area contributed by atoms with E-state index in [0.717, 1.165) is 30.6 Å². The summed E-state index contributed by atoms with van der Waals surface area (Å²) in [4.78, 5) is 11.9. The Morgan fingerprint density at radius 2 is 2.10 bits per heavy atom. The van der Waals surface area contributed by atoms with Crippen molar-refractivity contribution in [2.45, 2.75) is 38.7 Å². The van der Waals surface area contributed by atoms with Crippen LogP contribution >= 0.6 is 0 Å². The lowest BCUT2D eigenvalue weighted by atomic mass is 10.1. The van der Waals surface area contributed by atoms with Crippen molar-refractivity contribution in [2.24, 2.45) is 5.92 Å². The van der Waals surface area contributed by atoms with Gasteiger partial charge in [-0.15, -0.1) is 0 Å². The number of aliphatic hydroxyl groups excluding tert-OH is 1. The minimum Gasteiger partial charge on any atom is -0.494 e. The molecule has 2 atom stereocenters. The molecule has 2 rings (SSSR count). The summed E-state index contributed by atoms with van der Waals surface area (Å²) < 4.78 is 5.36. The molecule has 1 amide bonds. The Bertz CT molecular complexity index is 430. The van der Waals surface area contributed by atoms with E-state index in [1.165, 1.54) is 0 Å². The van der Waals surface area contributed by atoms with Gasteiger partial charge in [-0.05, 0) is 37.5 Å². The molecule has 1 aliphatic carbocycles. The third-order valence-corrected chi connectivity index (χ3v) is 3.78. The predicted molar refractivity (Wildman–Crippen MR) is 77.7 cm³/mol. The van der Waals surface area contributed by atoms with E-state index in [1.54, 1.807) is 0 Å². The zero-order chi connectivity index (χ0) is 14.4. The van der Waals surface area contributed by atoms with Crippen molar-refractivity contribution < 1.29 is 14.6 Å². The molecule has 1 aromatic rings. The van der Waals surface area contributed by atoms with Gasteiger partial charge in [0.15, 0.2) is 0 Å². The number of benzene rings is 1. The van der Waals surface area contributed by atoms with Crippen molar-refractivity contribution in [3.8, 4) is 5.75 Å². The average molecular weight is 277 g/mol. The minimum absolute atomic E-state index is 0.00765. The highest BCUT2D eigenvalue weighted by Crippen LogP contribution is 2.24. The van der Waals surface area contributed by atoms with Crippen molar-refractivity contribution in [1.82, 2.24) is 5.32 Å². The van der Waals surface area contributed by atoms with E-state index in [9.17, 15) is 9.90 Å². The van der Waals surface area contributed by atoms with E-state index >= 15 is 0 Å². The molecule has 0 radical (unpaired) electrons. The van der Waals surface area contributed by atoms with Gasteiger partial charge in [-0.3, -0.25) is 4.79 Å². The van der Waals surface area contributed by atoms with Gasteiger partial charge >= 0.3 is 0 Å². The van der Waals surface area contributed by atoms with Gasteiger partial charge in [-0.1, -0.05) is 18.6 Å². The second-order valence-electron chi connectivity index (χ2n) is 5.32. The van der Waals surface area contributed by atoms with Crippen molar-refractivity contribution in [2.75, 3.05) is 13.2 Å². The summed E-state index contributed by atoms with van der Waals surface area (Å²) >= 11 is 0. The SMILES string of the molecule is CCOc1ccc(CC(=O)NCC2CCCC2O)cc1. The van der Waals surface area contributed by atoms with Crippen LogP contribution in [0.3, 0.4) is 0 Å². The van der Waals surface area contributed by atoms with Gasteiger partial charge < -0.3 is 15.2 Å². The summed E-state index contributed by atoms with van der Waals surface area (Å²) in [6, 6.07) is 7.59. The van der Waals surface area contributed by atoms with Crippen LogP contribution in [0.5, 0.6) is 5.75 Å². The van der Waals surface area contributed by atoms with E-state index in [0.29, 0.717) is 19.6 Å². The molecule has 1 saturated carbocycles. The Morgan fingerprint density at radius 3 is 2.70 bits per heavy atom. The average Bonchev–Trinajstić information content (AvgIpc) is 2.84. The van der Waals surface area contributed by atoms with E-state index < -0.39 is 0 Å². The maximum Gasteiger partial charge on any atom is 0.224 e. The summed E-state index contributed by atoms with van der Waals surface area (Å²) in [6.45, 7) is 3.17. The number of nitrogens with one attached hydrogen (secondary N) is 1. The normalized spacial score (nSPS) is 21.7. The Morgan fingerprint density at radius 1 is 1.35 bits per heavy atom. The van der Waals surface area contributed by atoms with Crippen LogP contribution in [-0.2, 0) is 11.2 Å². The summed E-state index contributed by atoms with van der Waals surface area (Å²) in [5.41, 5.74) is 0.970. The number of hydrogen-bond acceptors (Lipinski definition) is 3. The quantitative estimate of drug-likeness (QED) is 0.835. The second kappa shape index (κ2) is 7.29. The lowest BCUT2D eigenvalue weighted by molar-refractivity contribution is -0.120. The van der Waals surface area contributed by atoms with Gasteiger partial charge in [0, 0.05) is 12.5 Å². The van der Waals surface area contributed by atoms with Crippen LogP contribution in [0, 0.1) is 5.92 Å². The van der Waals surface area contributed by atoms with Gasteiger partial charge in [-0.25, -0.2) is 0 Å². The first-order chi connectivity index (χ1) is 9.69. The van der Waals surface area contributed by atoms with E-state index in [-0.39, 0.29) is 17.9 Å². The summed E-state index contributed by atoms with van der Waals surface area (Å²) in [5.74, 6) is 1.05. The number of aliphatic hydroxyl groups is 1. The Balaban J connectivity index is 1.76. The molecule has 0 aromatic heterocycles. The molecule has 2 unspecified atom stereocenters. The first-order valence-corrected chi connectivity index (χ1v) is 7.35. The molecule has 0 saturated heterocycles. The number of ether oxygens (including phenoxy) is 1. The van der Waals surface area contributed by atoms with E-state index in [2.05, 4.69) is 5.32 Å². The fraction of sp³-hybridized carbons (Fsp3) is 0.562. The van der Waals surface area contributed by atoms with Crippen LogP contribution in [-0.4, -0.2) is 30.3 Å². The van der Waals surface area contributed by atoms with Gasteiger partial charge in [-0.2, -0.15) is 0 Å². The Kier molecular flexibility index (Phi) is 5.41. The monoisotopic (exact) mass is 277 g/mol. The van der Waals surface area contributed by atoms with Crippen LogP contribution in [0.2, 0.25) is 0 Å². The highest BCUT2D eigenvalue weighted by atomic mass is 16.5. The molecule has 20 heavy (non-hydrogen) atoms. The van der Waals surface area contributed by atoms with Gasteiger partial charge in [0.2, 0.25) is 5.91 Å². The molecule has 1 aromatic carbocycles. The smallest absolute Gasteiger partial charge is 0.224 e. The van der Waals surface area contributed by atoms with Crippen molar-refractivity contribution in [3.63, 3.8) is 0 Å². The number of amides is 1. The highest BCUT2D eigenvalue weighted by Gasteiger charge is 2.25. The van der Waals surface area contributed by atoms with E-state index in [1.807, 2.05) is 31.2 Å². The fourth-order valence-electron chi connectivity index (χ4n) is 2.62. The fourth-order valence-corrected chi connectivity index (χ4v) is 2.62. The number of carbonyl (C=O) groups is 1. The maximum absolute atomic E-state index is 11.9. The maximum atomic E-state index is 11.9. The molecule has 4 heteroatoms. The third kappa shape index (κ3) is 4.23. The first-order valence-electron chi connectivity index (χ1n) is 7.35. The molecule has 0 spiro atoms. The molecule has 0 heterocycles. The van der Waals surface area contributed by atoms with Crippen molar-refractivity contribution in [3.05, 3.63) is 29.8 Å². The first kappa shape index (κ1) is 14.9. The predicted octanol–water partition coefficient (Wildman–Crippen LogP) is 1.91. The molecule has 1 fully saturated rings. The standard InChI is InChI=1S/C16H23NO3/c1-2-20-14-8-6-12(7-9-14)10-16(19)17-11-13-4-3-5-15(13)18/h6-9,13,15,18H,2-5,10-11H2,1H3,(H,17,19). The van der Waals surface area contributed by atoms with Crippen molar-refractivity contribution >= 4 is 5.91 Å². The van der Waals surface area contributed by atoms with Crippen LogP contribution in [0.25, 0.3) is 0 Å². The molecule has 1 aliphatic rings. The summed E-state index contributed by atoms with van der Waals surface area (Å²) in [6.07, 6.45) is 3.04. The van der Waals surface area contributed by atoms with Crippen LogP contribution < -0.4 is 10.1 Å². The zero-order valence-corrected chi connectivity index (χ0v) is 12.0. The Hall–Kier alpha value is -1.55. The minimum atomic E-state index is -0.249. The number of hydrogen-bond donors (Lipinski definition) is 2. The zero-order valence-electron chi connectivity index (χ0n) is 12.0. The third-order valence-electron chi connectivity index (χ3n) is 3.78. The second-order valence-corrected chi connectivity index (χ2v) is 5.32. The van der Waals surface area contributed by atoms with Gasteiger partial charge in [0.1, 0.15) is 5.75 Å². The number of rotatable bonds is 6. The topological polar surface area (TPSA) is 58.6 Å². The lowest BCUT2D eigenvalue weighted by Gasteiger charge is -2.15. The highest BCUT2D eigenvalue weighted by molar-refractivity contribution is 5.78. The Labute approximate surface area is 120 Å². The molecular formula is C16H23NO3. The van der Waals surface area contributed by atoms with Gasteiger partial charge in [0.05, 0.1) is 19.1 Å². The summed E-state index contributed by atoms with van der Waals surface area (Å²) in [7, 11) is 0.